The van der Waals surface area contributed by atoms with E-state index in [2.05, 4.69) is 34.0 Å². The Bertz CT molecular complexity index is 721. The molecule has 1 atom stereocenters. The molecule has 0 aromatic heterocycles. The lowest BCUT2D eigenvalue weighted by atomic mass is 10.2. The van der Waals surface area contributed by atoms with E-state index in [-0.39, 0.29) is 0 Å². The van der Waals surface area contributed by atoms with Crippen molar-refractivity contribution in [3.8, 4) is 0 Å². The molecular weight excluding hydrogens is 409 g/mol. The number of hydrogen-bond acceptors (Lipinski definition) is 3. The standard InChI is InChI=1S/C18H23N3.C6H15O3P/c1-2-3-10-15-19-18(20-16-11-6-4-7-12-16)21-17-13-8-5-9-14-17;1-3-4-5-6-9-10(2,7)8/h4-9,11-14H,2-3,10,15H2,1H3,(H2,19,20,21);3-6H2,1-2H3,(H,7,8). The van der Waals surface area contributed by atoms with Gasteiger partial charge in [-0.1, -0.05) is 75.9 Å². The van der Waals surface area contributed by atoms with Gasteiger partial charge in [-0.25, -0.2) is 0 Å². The predicted molar refractivity (Wildman–Crippen MR) is 133 cm³/mol. The number of aliphatic imine (C=N–C) groups is 1. The summed E-state index contributed by atoms with van der Waals surface area (Å²) in [7, 11) is -3.21. The first-order chi connectivity index (χ1) is 14.9. The number of unbranched alkanes of at least 4 members (excludes halogenated alkanes) is 4. The largest absolute Gasteiger partial charge is 0.326 e. The van der Waals surface area contributed by atoms with Crippen molar-refractivity contribution in [2.45, 2.75) is 52.4 Å². The fourth-order valence-corrected chi connectivity index (χ4v) is 3.03. The van der Waals surface area contributed by atoms with Crippen LogP contribution in [0.25, 0.3) is 0 Å². The summed E-state index contributed by atoms with van der Waals surface area (Å²) in [5, 5.41) is 6.69. The SMILES string of the molecule is CCCCCN=C(Nc1ccccc1)Nc1ccccc1.CCCCCOP(C)(=O)O. The third-order valence-corrected chi connectivity index (χ3v) is 4.85. The minimum absolute atomic E-state index is 0.401. The lowest BCUT2D eigenvalue weighted by molar-refractivity contribution is 0.258. The first-order valence-corrected chi connectivity index (χ1v) is 13.1. The van der Waals surface area contributed by atoms with Crippen molar-refractivity contribution >= 4 is 24.9 Å². The van der Waals surface area contributed by atoms with Gasteiger partial charge in [0.15, 0.2) is 5.96 Å². The zero-order valence-electron chi connectivity index (χ0n) is 19.1. The number of guanidine groups is 1. The summed E-state index contributed by atoms with van der Waals surface area (Å²) in [6.07, 6.45) is 6.57. The van der Waals surface area contributed by atoms with E-state index < -0.39 is 7.60 Å². The number of benzene rings is 2. The number of nitrogens with zero attached hydrogens (tertiary/aromatic N) is 1. The molecule has 0 fully saturated rings. The van der Waals surface area contributed by atoms with Crippen molar-refractivity contribution in [3.63, 3.8) is 0 Å². The molecule has 0 amide bonds. The molecular formula is C24H38N3O3P. The molecule has 172 valence electrons. The molecule has 0 aliphatic rings. The maximum Gasteiger partial charge on any atom is 0.325 e. The molecule has 2 aromatic carbocycles. The van der Waals surface area contributed by atoms with Gasteiger partial charge in [-0.3, -0.25) is 9.56 Å². The number of anilines is 2. The second kappa shape index (κ2) is 16.5. The van der Waals surface area contributed by atoms with Crippen LogP contribution in [0.5, 0.6) is 0 Å². The summed E-state index contributed by atoms with van der Waals surface area (Å²) < 4.78 is 15.2. The van der Waals surface area contributed by atoms with Crippen molar-refractivity contribution < 1.29 is 14.0 Å². The molecule has 0 bridgehead atoms. The molecule has 31 heavy (non-hydrogen) atoms. The van der Waals surface area contributed by atoms with Gasteiger partial charge in [0.25, 0.3) is 0 Å². The topological polar surface area (TPSA) is 83.0 Å². The number of hydrogen-bond donors (Lipinski definition) is 3. The molecule has 0 aliphatic carbocycles. The smallest absolute Gasteiger partial charge is 0.325 e. The van der Waals surface area contributed by atoms with Crippen LogP contribution in [0.15, 0.2) is 65.7 Å². The third-order valence-electron chi connectivity index (χ3n) is 4.18. The maximum atomic E-state index is 10.5. The molecule has 6 nitrogen and oxygen atoms in total. The Morgan fingerprint density at radius 2 is 1.35 bits per heavy atom. The summed E-state index contributed by atoms with van der Waals surface area (Å²) in [4.78, 5) is 13.3. The van der Waals surface area contributed by atoms with Crippen molar-refractivity contribution in [1.82, 2.24) is 0 Å². The average molecular weight is 448 g/mol. The minimum Gasteiger partial charge on any atom is -0.326 e. The van der Waals surface area contributed by atoms with Crippen LogP contribution in [0.2, 0.25) is 0 Å². The van der Waals surface area contributed by atoms with E-state index in [1.54, 1.807) is 0 Å². The molecule has 0 aliphatic heterocycles. The molecule has 0 saturated carbocycles. The monoisotopic (exact) mass is 447 g/mol. The Hall–Kier alpha value is -2.14. The van der Waals surface area contributed by atoms with Gasteiger partial charge in [0, 0.05) is 24.6 Å². The van der Waals surface area contributed by atoms with Crippen LogP contribution >= 0.6 is 7.60 Å². The highest BCUT2D eigenvalue weighted by molar-refractivity contribution is 7.51. The summed E-state index contributed by atoms with van der Waals surface area (Å²) in [6.45, 7) is 6.72. The highest BCUT2D eigenvalue weighted by Gasteiger charge is 2.07. The van der Waals surface area contributed by atoms with E-state index in [0.717, 1.165) is 49.6 Å². The minimum atomic E-state index is -3.21. The van der Waals surface area contributed by atoms with Crippen LogP contribution < -0.4 is 10.6 Å². The summed E-state index contributed by atoms with van der Waals surface area (Å²) in [5.41, 5.74) is 2.07. The van der Waals surface area contributed by atoms with E-state index in [4.69, 9.17) is 4.89 Å². The molecule has 7 heteroatoms. The normalized spacial score (nSPS) is 12.1. The van der Waals surface area contributed by atoms with Gasteiger partial charge in [0.1, 0.15) is 0 Å². The Kier molecular flexibility index (Phi) is 14.3. The zero-order chi connectivity index (χ0) is 22.8. The van der Waals surface area contributed by atoms with Crippen LogP contribution in [0.1, 0.15) is 52.4 Å². The highest BCUT2D eigenvalue weighted by Crippen LogP contribution is 2.36. The number of rotatable bonds is 11. The van der Waals surface area contributed by atoms with Gasteiger partial charge in [0.05, 0.1) is 6.61 Å². The molecule has 0 spiro atoms. The fourth-order valence-electron chi connectivity index (χ4n) is 2.57. The zero-order valence-corrected chi connectivity index (χ0v) is 20.0. The lowest BCUT2D eigenvalue weighted by Gasteiger charge is -2.12. The number of para-hydroxylation sites is 2. The van der Waals surface area contributed by atoms with Gasteiger partial charge in [-0.15, -0.1) is 0 Å². The quantitative estimate of drug-likeness (QED) is 0.153. The summed E-state index contributed by atoms with van der Waals surface area (Å²) in [5.74, 6) is 0.795. The molecule has 0 radical (unpaired) electrons. The van der Waals surface area contributed by atoms with Crippen LogP contribution in [-0.4, -0.2) is 30.7 Å². The molecule has 2 aromatic rings. The summed E-state index contributed by atoms with van der Waals surface area (Å²) >= 11 is 0. The van der Waals surface area contributed by atoms with Gasteiger partial charge >= 0.3 is 7.60 Å². The first kappa shape index (κ1) is 26.9. The van der Waals surface area contributed by atoms with Gasteiger partial charge in [0.2, 0.25) is 0 Å². The molecule has 0 saturated heterocycles. The second-order valence-corrected chi connectivity index (χ2v) is 9.13. The van der Waals surface area contributed by atoms with Gasteiger partial charge < -0.3 is 20.1 Å². The Morgan fingerprint density at radius 1 is 0.871 bits per heavy atom. The Morgan fingerprint density at radius 3 is 1.81 bits per heavy atom. The Balaban J connectivity index is 0.000000407. The van der Waals surface area contributed by atoms with Gasteiger partial charge in [-0.05, 0) is 37.1 Å². The summed E-state index contributed by atoms with van der Waals surface area (Å²) in [6, 6.07) is 20.2. The van der Waals surface area contributed by atoms with Crippen LogP contribution in [0.4, 0.5) is 11.4 Å². The fraction of sp³-hybridized carbons (Fsp3) is 0.458. The van der Waals surface area contributed by atoms with Crippen molar-refractivity contribution in [3.05, 3.63) is 60.7 Å². The molecule has 3 N–H and O–H groups in total. The van der Waals surface area contributed by atoms with Crippen LogP contribution in [0.3, 0.4) is 0 Å². The van der Waals surface area contributed by atoms with E-state index in [1.165, 1.54) is 19.5 Å². The third kappa shape index (κ3) is 15.3. The molecule has 1 unspecified atom stereocenters. The molecule has 0 heterocycles. The van der Waals surface area contributed by atoms with E-state index in [1.807, 2.05) is 60.7 Å². The van der Waals surface area contributed by atoms with Crippen molar-refractivity contribution in [2.75, 3.05) is 30.5 Å². The lowest BCUT2D eigenvalue weighted by Crippen LogP contribution is -2.22. The average Bonchev–Trinajstić information content (AvgIpc) is 2.75. The van der Waals surface area contributed by atoms with Crippen LogP contribution in [-0.2, 0) is 9.09 Å². The van der Waals surface area contributed by atoms with E-state index >= 15 is 0 Å². The van der Waals surface area contributed by atoms with Crippen LogP contribution in [0, 0.1) is 0 Å². The van der Waals surface area contributed by atoms with Crippen molar-refractivity contribution in [2.24, 2.45) is 4.99 Å². The maximum absolute atomic E-state index is 10.5. The second-order valence-electron chi connectivity index (χ2n) is 7.26. The predicted octanol–water partition coefficient (Wildman–Crippen LogP) is 6.77. The van der Waals surface area contributed by atoms with Gasteiger partial charge in [-0.2, -0.15) is 0 Å². The van der Waals surface area contributed by atoms with E-state index in [0.29, 0.717) is 6.61 Å². The van der Waals surface area contributed by atoms with Crippen molar-refractivity contribution in [1.29, 1.82) is 0 Å². The Labute approximate surface area is 187 Å². The number of nitrogens with one attached hydrogen (secondary N) is 2. The first-order valence-electron chi connectivity index (χ1n) is 11.1. The molecule has 2 rings (SSSR count). The van der Waals surface area contributed by atoms with E-state index in [9.17, 15) is 4.57 Å². The highest BCUT2D eigenvalue weighted by atomic mass is 31.2.